The monoisotopic (exact) mass is 258 g/mol. The van der Waals surface area contributed by atoms with Crippen LogP contribution in [0.15, 0.2) is 24.3 Å². The van der Waals surface area contributed by atoms with E-state index in [1.54, 1.807) is 12.1 Å². The van der Waals surface area contributed by atoms with Crippen molar-refractivity contribution < 1.29 is 4.74 Å². The topological polar surface area (TPSA) is 36.3 Å². The molecule has 0 unspecified atom stereocenters. The van der Waals surface area contributed by atoms with Crippen LogP contribution >= 0.6 is 0 Å². The Kier molecular flexibility index (Phi) is 4.81. The maximum absolute atomic E-state index is 8.84. The van der Waals surface area contributed by atoms with Gasteiger partial charge in [-0.15, -0.1) is 0 Å². The molecule has 1 aliphatic carbocycles. The summed E-state index contributed by atoms with van der Waals surface area (Å²) in [5.41, 5.74) is 0.649. The van der Waals surface area contributed by atoms with Gasteiger partial charge in [0.05, 0.1) is 11.6 Å². The maximum atomic E-state index is 8.84. The zero-order valence-corrected chi connectivity index (χ0v) is 11.8. The summed E-state index contributed by atoms with van der Waals surface area (Å²) >= 11 is 0. The van der Waals surface area contributed by atoms with Gasteiger partial charge in [0.15, 0.2) is 0 Å². The first kappa shape index (κ1) is 13.9. The van der Waals surface area contributed by atoms with Crippen LogP contribution in [0.1, 0.15) is 32.3 Å². The van der Waals surface area contributed by atoms with Crippen molar-refractivity contribution in [3.8, 4) is 11.8 Å². The molecule has 3 heteroatoms. The summed E-state index contributed by atoms with van der Waals surface area (Å²) in [7, 11) is 0. The van der Waals surface area contributed by atoms with Crippen LogP contribution in [0.2, 0.25) is 0 Å². The number of ether oxygens (including phenoxy) is 1. The summed E-state index contributed by atoms with van der Waals surface area (Å²) in [4.78, 5) is 2.48. The highest BCUT2D eigenvalue weighted by atomic mass is 16.5. The minimum absolute atomic E-state index is 0.564. The fraction of sp³-hybridized carbons (Fsp3) is 0.562. The number of hydrogen-bond donors (Lipinski definition) is 0. The van der Waals surface area contributed by atoms with Crippen molar-refractivity contribution in [2.75, 3.05) is 19.7 Å². The molecule has 1 aromatic carbocycles. The number of benzene rings is 1. The van der Waals surface area contributed by atoms with Crippen molar-refractivity contribution in [3.05, 3.63) is 29.8 Å². The molecule has 0 amide bonds. The van der Waals surface area contributed by atoms with Gasteiger partial charge in [-0.2, -0.15) is 5.26 Å². The summed E-state index contributed by atoms with van der Waals surface area (Å²) in [5.74, 6) is 1.69. The van der Waals surface area contributed by atoms with Gasteiger partial charge in [-0.25, -0.2) is 0 Å². The minimum atomic E-state index is 0.564. The molecule has 0 saturated heterocycles. The average molecular weight is 258 g/mol. The van der Waals surface area contributed by atoms with Crippen molar-refractivity contribution in [3.63, 3.8) is 0 Å². The molecule has 0 aromatic heterocycles. The molecule has 0 aliphatic heterocycles. The van der Waals surface area contributed by atoms with Crippen molar-refractivity contribution in [2.45, 2.75) is 32.7 Å². The van der Waals surface area contributed by atoms with Crippen molar-refractivity contribution >= 4 is 0 Å². The van der Waals surface area contributed by atoms with Gasteiger partial charge in [0.1, 0.15) is 12.4 Å². The predicted octanol–water partition coefficient (Wildman–Crippen LogP) is 3.06. The zero-order chi connectivity index (χ0) is 13.7. The van der Waals surface area contributed by atoms with Crippen molar-refractivity contribution in [1.82, 2.24) is 4.90 Å². The van der Waals surface area contributed by atoms with E-state index >= 15 is 0 Å². The first-order valence-corrected chi connectivity index (χ1v) is 7.06. The van der Waals surface area contributed by atoms with E-state index in [9.17, 15) is 0 Å². The Balaban J connectivity index is 1.78. The second kappa shape index (κ2) is 6.58. The second-order valence-electron chi connectivity index (χ2n) is 5.52. The van der Waals surface area contributed by atoms with E-state index in [-0.39, 0.29) is 0 Å². The van der Waals surface area contributed by atoms with Crippen LogP contribution in [-0.4, -0.2) is 30.6 Å². The summed E-state index contributed by atoms with van der Waals surface area (Å²) in [5, 5.41) is 8.84. The summed E-state index contributed by atoms with van der Waals surface area (Å²) in [6.45, 7) is 7.29. The number of nitriles is 1. The summed E-state index contributed by atoms with van der Waals surface area (Å²) in [6, 6.07) is 10.0. The van der Waals surface area contributed by atoms with Crippen LogP contribution in [0, 0.1) is 17.2 Å². The lowest BCUT2D eigenvalue weighted by molar-refractivity contribution is 0.170. The molecule has 102 valence electrons. The molecule has 0 radical (unpaired) electrons. The predicted molar refractivity (Wildman–Crippen MR) is 76.1 cm³/mol. The molecule has 0 heterocycles. The standard InChI is InChI=1S/C16H22N2O/c1-13(2)18(12-14-6-7-14)8-9-19-16-5-3-4-15(10-16)11-17/h3-5,10,13-14H,6-9,12H2,1-2H3. The average Bonchev–Trinajstić information content (AvgIpc) is 3.21. The fourth-order valence-electron chi connectivity index (χ4n) is 2.13. The van der Waals surface area contributed by atoms with E-state index in [0.717, 1.165) is 18.2 Å². The zero-order valence-electron chi connectivity index (χ0n) is 11.8. The van der Waals surface area contributed by atoms with Crippen molar-refractivity contribution in [2.24, 2.45) is 5.92 Å². The van der Waals surface area contributed by atoms with Crippen LogP contribution in [0.25, 0.3) is 0 Å². The van der Waals surface area contributed by atoms with E-state index in [0.29, 0.717) is 18.2 Å². The molecule has 0 spiro atoms. The van der Waals surface area contributed by atoms with E-state index < -0.39 is 0 Å². The van der Waals surface area contributed by atoms with Gasteiger partial charge >= 0.3 is 0 Å². The molecule has 2 rings (SSSR count). The maximum Gasteiger partial charge on any atom is 0.120 e. The fourth-order valence-corrected chi connectivity index (χ4v) is 2.13. The molecular formula is C16H22N2O. The van der Waals surface area contributed by atoms with Crippen LogP contribution < -0.4 is 4.74 Å². The van der Waals surface area contributed by atoms with Crippen LogP contribution in [0.3, 0.4) is 0 Å². The number of rotatable bonds is 7. The Hall–Kier alpha value is -1.53. The van der Waals surface area contributed by atoms with Gasteiger partial charge < -0.3 is 4.74 Å². The van der Waals surface area contributed by atoms with Gasteiger partial charge in [0.2, 0.25) is 0 Å². The molecular weight excluding hydrogens is 236 g/mol. The summed E-state index contributed by atoms with van der Waals surface area (Å²) < 4.78 is 5.74. The lowest BCUT2D eigenvalue weighted by Gasteiger charge is -2.26. The first-order valence-electron chi connectivity index (χ1n) is 7.06. The molecule has 1 aliphatic rings. The third-order valence-electron chi connectivity index (χ3n) is 3.53. The van der Waals surface area contributed by atoms with E-state index in [4.69, 9.17) is 10.00 Å². The molecule has 19 heavy (non-hydrogen) atoms. The minimum Gasteiger partial charge on any atom is -0.492 e. The third kappa shape index (κ3) is 4.57. The van der Waals surface area contributed by atoms with E-state index in [1.165, 1.54) is 19.4 Å². The normalized spacial score (nSPS) is 14.7. The quantitative estimate of drug-likeness (QED) is 0.754. The highest BCUT2D eigenvalue weighted by Gasteiger charge is 2.25. The van der Waals surface area contributed by atoms with Gasteiger partial charge in [-0.05, 0) is 50.8 Å². The molecule has 1 aromatic rings. The second-order valence-corrected chi connectivity index (χ2v) is 5.52. The highest BCUT2D eigenvalue weighted by molar-refractivity contribution is 5.36. The number of nitrogens with zero attached hydrogens (tertiary/aromatic N) is 2. The third-order valence-corrected chi connectivity index (χ3v) is 3.53. The Morgan fingerprint density at radius 2 is 2.21 bits per heavy atom. The van der Waals surface area contributed by atoms with Crippen LogP contribution in [-0.2, 0) is 0 Å². The molecule has 1 fully saturated rings. The van der Waals surface area contributed by atoms with Gasteiger partial charge in [-0.1, -0.05) is 6.07 Å². The summed E-state index contributed by atoms with van der Waals surface area (Å²) in [6.07, 6.45) is 2.77. The van der Waals surface area contributed by atoms with Crippen LogP contribution in [0.4, 0.5) is 0 Å². The smallest absolute Gasteiger partial charge is 0.120 e. The van der Waals surface area contributed by atoms with E-state index in [1.807, 2.05) is 12.1 Å². The Bertz CT molecular complexity index is 446. The molecule has 3 nitrogen and oxygen atoms in total. The molecule has 0 atom stereocenters. The van der Waals surface area contributed by atoms with Crippen molar-refractivity contribution in [1.29, 1.82) is 5.26 Å². The number of hydrogen-bond acceptors (Lipinski definition) is 3. The largest absolute Gasteiger partial charge is 0.492 e. The Labute approximate surface area is 115 Å². The Morgan fingerprint density at radius 3 is 2.84 bits per heavy atom. The van der Waals surface area contributed by atoms with Crippen LogP contribution in [0.5, 0.6) is 5.75 Å². The lowest BCUT2D eigenvalue weighted by Crippen LogP contribution is -2.36. The van der Waals surface area contributed by atoms with E-state index in [2.05, 4.69) is 24.8 Å². The van der Waals surface area contributed by atoms with Gasteiger partial charge in [-0.3, -0.25) is 4.90 Å². The molecule has 1 saturated carbocycles. The highest BCUT2D eigenvalue weighted by Crippen LogP contribution is 2.30. The van der Waals surface area contributed by atoms with Gasteiger partial charge in [0.25, 0.3) is 0 Å². The SMILES string of the molecule is CC(C)N(CCOc1cccc(C#N)c1)CC1CC1. The molecule has 0 bridgehead atoms. The first-order chi connectivity index (χ1) is 9.19. The lowest BCUT2D eigenvalue weighted by atomic mass is 10.2. The van der Waals surface area contributed by atoms with Gasteiger partial charge in [0, 0.05) is 19.1 Å². The molecule has 0 N–H and O–H groups in total. The Morgan fingerprint density at radius 1 is 1.42 bits per heavy atom.